The number of aliphatic hydroxyl groups is 1. The second-order valence-corrected chi connectivity index (χ2v) is 8.37. The summed E-state index contributed by atoms with van der Waals surface area (Å²) in [4.78, 5) is 37.6. The first-order valence-corrected chi connectivity index (χ1v) is 11.6. The van der Waals surface area contributed by atoms with Gasteiger partial charge in [-0.15, -0.1) is 0 Å². The van der Waals surface area contributed by atoms with Gasteiger partial charge in [-0.25, -0.2) is 15.4 Å². The zero-order chi connectivity index (χ0) is 24.5. The van der Waals surface area contributed by atoms with Crippen LogP contribution >= 0.6 is 0 Å². The Balaban J connectivity index is 1.63. The number of nitrogens with zero attached hydrogens (tertiary/aromatic N) is 4. The van der Waals surface area contributed by atoms with Crippen molar-refractivity contribution in [1.29, 1.82) is 0 Å². The van der Waals surface area contributed by atoms with E-state index in [-0.39, 0.29) is 11.9 Å². The van der Waals surface area contributed by atoms with Gasteiger partial charge >= 0.3 is 0 Å². The van der Waals surface area contributed by atoms with Crippen molar-refractivity contribution in [3.63, 3.8) is 0 Å². The molecule has 0 spiro atoms. The lowest BCUT2D eigenvalue weighted by Gasteiger charge is -2.41. The quantitative estimate of drug-likeness (QED) is 0.351. The highest BCUT2D eigenvalue weighted by Crippen LogP contribution is 2.23. The predicted molar refractivity (Wildman–Crippen MR) is 125 cm³/mol. The molecular formula is C24H33N5O5. The minimum absolute atomic E-state index is 0.164. The van der Waals surface area contributed by atoms with Crippen LogP contribution in [-0.2, 0) is 16.0 Å². The number of rotatable bonds is 10. The summed E-state index contributed by atoms with van der Waals surface area (Å²) in [5.41, 5.74) is 2.54. The summed E-state index contributed by atoms with van der Waals surface area (Å²) in [6, 6.07) is 9.30. The first-order valence-electron chi connectivity index (χ1n) is 11.6. The van der Waals surface area contributed by atoms with Crippen molar-refractivity contribution in [2.45, 2.75) is 45.3 Å². The average Bonchev–Trinajstić information content (AvgIpc) is 2.87. The normalized spacial score (nSPS) is 17.7. The van der Waals surface area contributed by atoms with Crippen LogP contribution in [-0.4, -0.2) is 75.4 Å². The van der Waals surface area contributed by atoms with E-state index in [1.54, 1.807) is 23.4 Å². The molecule has 3 rings (SSSR count). The maximum Gasteiger partial charge on any atom is 0.272 e. The van der Waals surface area contributed by atoms with Gasteiger partial charge in [-0.2, -0.15) is 0 Å². The molecule has 10 heteroatoms. The van der Waals surface area contributed by atoms with E-state index in [0.29, 0.717) is 51.5 Å². The van der Waals surface area contributed by atoms with Crippen molar-refractivity contribution >= 4 is 17.8 Å². The van der Waals surface area contributed by atoms with E-state index < -0.39 is 17.9 Å². The number of carbonyl (C=O) groups excluding carboxylic acids is 2. The smallest absolute Gasteiger partial charge is 0.272 e. The molecule has 1 saturated heterocycles. The average molecular weight is 472 g/mol. The number of aromatic nitrogens is 2. The molecular weight excluding hydrogens is 438 g/mol. The topological polar surface area (TPSA) is 128 Å². The minimum Gasteiger partial charge on any atom is -0.494 e. The monoisotopic (exact) mass is 471 g/mol. The largest absolute Gasteiger partial charge is 0.494 e. The van der Waals surface area contributed by atoms with Gasteiger partial charge in [0.25, 0.3) is 5.91 Å². The van der Waals surface area contributed by atoms with Crippen LogP contribution in [0.5, 0.6) is 5.75 Å². The molecule has 0 saturated carbocycles. The molecule has 1 unspecified atom stereocenters. The van der Waals surface area contributed by atoms with E-state index in [4.69, 9.17) is 9.94 Å². The third-order valence-electron chi connectivity index (χ3n) is 6.04. The zero-order valence-corrected chi connectivity index (χ0v) is 19.6. The summed E-state index contributed by atoms with van der Waals surface area (Å²) >= 11 is 0. The Kier molecular flexibility index (Phi) is 9.17. The molecule has 0 bridgehead atoms. The van der Waals surface area contributed by atoms with Crippen LogP contribution in [0.4, 0.5) is 5.95 Å². The second-order valence-electron chi connectivity index (χ2n) is 8.37. The number of piperazine rings is 1. The molecule has 34 heavy (non-hydrogen) atoms. The van der Waals surface area contributed by atoms with Crippen LogP contribution in [0.15, 0.2) is 42.7 Å². The Labute approximate surface area is 199 Å². The van der Waals surface area contributed by atoms with Gasteiger partial charge in [0.15, 0.2) is 0 Å². The molecule has 184 valence electrons. The van der Waals surface area contributed by atoms with Gasteiger partial charge in [0.1, 0.15) is 11.9 Å². The molecule has 2 heterocycles. The third kappa shape index (κ3) is 6.42. The Morgan fingerprint density at radius 2 is 1.91 bits per heavy atom. The Morgan fingerprint density at radius 1 is 1.21 bits per heavy atom. The Morgan fingerprint density at radius 3 is 2.53 bits per heavy atom. The fourth-order valence-electron chi connectivity index (χ4n) is 4.24. The fraction of sp³-hybridized carbons (Fsp3) is 0.500. The maximum atomic E-state index is 13.4. The van der Waals surface area contributed by atoms with E-state index in [1.165, 1.54) is 5.48 Å². The van der Waals surface area contributed by atoms with Gasteiger partial charge in [0.05, 0.1) is 12.5 Å². The van der Waals surface area contributed by atoms with Crippen molar-refractivity contribution in [2.24, 2.45) is 5.92 Å². The van der Waals surface area contributed by atoms with Crippen molar-refractivity contribution in [1.82, 2.24) is 20.3 Å². The summed E-state index contributed by atoms with van der Waals surface area (Å²) < 4.78 is 5.46. The van der Waals surface area contributed by atoms with Gasteiger partial charge in [0, 0.05) is 38.1 Å². The van der Waals surface area contributed by atoms with E-state index in [1.807, 2.05) is 43.0 Å². The fourth-order valence-corrected chi connectivity index (χ4v) is 4.24. The predicted octanol–water partition coefficient (Wildman–Crippen LogP) is 1.42. The molecule has 1 fully saturated rings. The molecule has 3 atom stereocenters. The summed E-state index contributed by atoms with van der Waals surface area (Å²) in [5, 5.41) is 19.5. The number of hydroxylamine groups is 1. The molecule has 0 radical (unpaired) electrons. The van der Waals surface area contributed by atoms with Gasteiger partial charge in [-0.1, -0.05) is 12.1 Å². The zero-order valence-electron chi connectivity index (χ0n) is 19.6. The van der Waals surface area contributed by atoms with E-state index in [9.17, 15) is 14.7 Å². The van der Waals surface area contributed by atoms with Crippen LogP contribution in [0.25, 0.3) is 0 Å². The number of nitrogens with one attached hydrogen (secondary N) is 1. The highest BCUT2D eigenvalue weighted by atomic mass is 16.5. The SMILES string of the molecule is CCOc1ccc(CCCC(C(=O)N2CCN(c3ncccn3)C[C@H]2C)[C@H](O)C(=O)NO)cc1. The molecule has 3 N–H and O–H groups in total. The van der Waals surface area contributed by atoms with Crippen LogP contribution in [0.3, 0.4) is 0 Å². The number of amides is 2. The van der Waals surface area contributed by atoms with Crippen LogP contribution in [0.1, 0.15) is 32.3 Å². The molecule has 2 aromatic rings. The van der Waals surface area contributed by atoms with Gasteiger partial charge < -0.3 is 19.6 Å². The Hall–Kier alpha value is -3.24. The van der Waals surface area contributed by atoms with Crippen LogP contribution in [0.2, 0.25) is 0 Å². The van der Waals surface area contributed by atoms with Crippen molar-refractivity contribution < 1.29 is 24.6 Å². The molecule has 0 aliphatic carbocycles. The number of hydrogen-bond donors (Lipinski definition) is 3. The number of aryl methyl sites for hydroxylation is 1. The summed E-state index contributed by atoms with van der Waals surface area (Å²) in [6.45, 7) is 5.94. The van der Waals surface area contributed by atoms with Gasteiger partial charge in [0.2, 0.25) is 11.9 Å². The number of hydrogen-bond acceptors (Lipinski definition) is 8. The molecule has 2 amide bonds. The number of aliphatic hydroxyl groups excluding tert-OH is 1. The maximum absolute atomic E-state index is 13.4. The third-order valence-corrected chi connectivity index (χ3v) is 6.04. The molecule has 1 aliphatic rings. The van der Waals surface area contributed by atoms with Crippen molar-refractivity contribution in [2.75, 3.05) is 31.1 Å². The molecule has 1 aromatic carbocycles. The summed E-state index contributed by atoms with van der Waals surface area (Å²) in [5.74, 6) is -0.847. The van der Waals surface area contributed by atoms with E-state index in [0.717, 1.165) is 11.3 Å². The number of anilines is 1. The second kappa shape index (κ2) is 12.3. The summed E-state index contributed by atoms with van der Waals surface area (Å²) in [7, 11) is 0. The highest BCUT2D eigenvalue weighted by Gasteiger charge is 2.38. The number of benzene rings is 1. The highest BCUT2D eigenvalue weighted by molar-refractivity contribution is 5.89. The minimum atomic E-state index is -1.64. The van der Waals surface area contributed by atoms with Gasteiger partial charge in [-0.05, 0) is 56.9 Å². The molecule has 10 nitrogen and oxygen atoms in total. The van der Waals surface area contributed by atoms with Crippen molar-refractivity contribution in [3.05, 3.63) is 48.3 Å². The lowest BCUT2D eigenvalue weighted by Crippen LogP contribution is -2.57. The standard InChI is InChI=1S/C24H33N5O5/c1-3-34-19-10-8-18(9-11-19)6-4-7-20(21(30)22(31)27-33)23(32)29-15-14-28(16-17(29)2)24-25-12-5-13-26-24/h5,8-13,17,20-21,30,33H,3-4,6-7,14-16H2,1-2H3,(H,27,31)/t17-,20?,21+/m1/s1. The molecule has 1 aliphatic heterocycles. The van der Waals surface area contributed by atoms with Crippen LogP contribution in [0, 0.1) is 5.92 Å². The van der Waals surface area contributed by atoms with Gasteiger partial charge in [-0.3, -0.25) is 14.8 Å². The lowest BCUT2D eigenvalue weighted by molar-refractivity contribution is -0.152. The van der Waals surface area contributed by atoms with E-state index in [2.05, 4.69) is 9.97 Å². The van der Waals surface area contributed by atoms with Crippen molar-refractivity contribution in [3.8, 4) is 5.75 Å². The Bertz CT molecular complexity index is 927. The number of carbonyl (C=O) groups is 2. The first kappa shape index (κ1) is 25.4. The van der Waals surface area contributed by atoms with E-state index >= 15 is 0 Å². The molecule has 1 aromatic heterocycles. The summed E-state index contributed by atoms with van der Waals surface area (Å²) in [6.07, 6.45) is 3.28. The number of ether oxygens (including phenoxy) is 1. The first-order chi connectivity index (χ1) is 16.4. The van der Waals surface area contributed by atoms with Crippen LogP contribution < -0.4 is 15.1 Å². The lowest BCUT2D eigenvalue weighted by atomic mass is 9.91.